The molecule has 0 spiro atoms. The second-order valence-electron chi connectivity index (χ2n) is 5.35. The van der Waals surface area contributed by atoms with E-state index in [4.69, 9.17) is 17.3 Å². The molecule has 21 heavy (non-hydrogen) atoms. The fraction of sp³-hybridized carbons (Fsp3) is 0.467. The first-order valence-electron chi connectivity index (χ1n) is 7.13. The summed E-state index contributed by atoms with van der Waals surface area (Å²) in [5.74, 6) is -0.384. The van der Waals surface area contributed by atoms with Crippen molar-refractivity contribution in [3.05, 3.63) is 34.9 Å². The van der Waals surface area contributed by atoms with Gasteiger partial charge in [-0.3, -0.25) is 9.59 Å². The van der Waals surface area contributed by atoms with Crippen LogP contribution in [0.4, 0.5) is 0 Å². The minimum atomic E-state index is -0.729. The summed E-state index contributed by atoms with van der Waals surface area (Å²) >= 11 is 5.94. The molecule has 1 aromatic carbocycles. The molecule has 0 aliphatic heterocycles. The quantitative estimate of drug-likeness (QED) is 0.720. The molecule has 0 unspecified atom stereocenters. The first kappa shape index (κ1) is 15.8. The topological polar surface area (TPSA) is 84.2 Å². The molecule has 114 valence electrons. The van der Waals surface area contributed by atoms with Gasteiger partial charge in [0.05, 0.1) is 16.1 Å². The second kappa shape index (κ2) is 6.91. The number of halogens is 1. The van der Waals surface area contributed by atoms with E-state index in [1.54, 1.807) is 24.3 Å². The largest absolute Gasteiger partial charge is 0.353 e. The van der Waals surface area contributed by atoms with Gasteiger partial charge in [0, 0.05) is 13.1 Å². The average Bonchev–Trinajstić information content (AvgIpc) is 2.92. The van der Waals surface area contributed by atoms with Crippen molar-refractivity contribution < 1.29 is 9.59 Å². The number of nitrogens with two attached hydrogens (primary N) is 1. The first-order chi connectivity index (χ1) is 10.0. The van der Waals surface area contributed by atoms with Gasteiger partial charge in [0.2, 0.25) is 5.91 Å². The van der Waals surface area contributed by atoms with Crippen LogP contribution in [0.1, 0.15) is 36.0 Å². The van der Waals surface area contributed by atoms with Gasteiger partial charge in [-0.25, -0.2) is 0 Å². The van der Waals surface area contributed by atoms with E-state index in [-0.39, 0.29) is 11.8 Å². The third kappa shape index (κ3) is 3.95. The smallest absolute Gasteiger partial charge is 0.252 e. The fourth-order valence-electron chi connectivity index (χ4n) is 2.50. The second-order valence-corrected chi connectivity index (χ2v) is 5.76. The van der Waals surface area contributed by atoms with E-state index in [2.05, 4.69) is 10.6 Å². The Hall–Kier alpha value is -1.59. The fourth-order valence-corrected chi connectivity index (χ4v) is 2.72. The summed E-state index contributed by atoms with van der Waals surface area (Å²) in [6, 6.07) is 6.84. The van der Waals surface area contributed by atoms with Gasteiger partial charge in [0.1, 0.15) is 0 Å². The van der Waals surface area contributed by atoms with Crippen molar-refractivity contribution in [3.63, 3.8) is 0 Å². The molecule has 2 amide bonds. The maximum Gasteiger partial charge on any atom is 0.252 e. The molecule has 6 heteroatoms. The van der Waals surface area contributed by atoms with Crippen molar-refractivity contribution >= 4 is 23.4 Å². The van der Waals surface area contributed by atoms with Crippen LogP contribution in [0.5, 0.6) is 0 Å². The summed E-state index contributed by atoms with van der Waals surface area (Å²) in [6.45, 7) is 0.694. The zero-order valence-electron chi connectivity index (χ0n) is 11.8. The van der Waals surface area contributed by atoms with Crippen LogP contribution in [0.3, 0.4) is 0 Å². The lowest BCUT2D eigenvalue weighted by atomic mass is 9.98. The SMILES string of the molecule is NC1(C(=O)NCCNC(=O)c2ccccc2Cl)CCCC1. The molecule has 0 radical (unpaired) electrons. The Morgan fingerprint density at radius 1 is 1.14 bits per heavy atom. The molecule has 0 saturated heterocycles. The minimum Gasteiger partial charge on any atom is -0.353 e. The normalized spacial score (nSPS) is 16.5. The first-order valence-corrected chi connectivity index (χ1v) is 7.51. The van der Waals surface area contributed by atoms with Gasteiger partial charge in [0.25, 0.3) is 5.91 Å². The summed E-state index contributed by atoms with van der Waals surface area (Å²) in [5.41, 5.74) is 5.74. The lowest BCUT2D eigenvalue weighted by Gasteiger charge is -2.22. The Kier molecular flexibility index (Phi) is 5.20. The van der Waals surface area contributed by atoms with Crippen LogP contribution in [0.2, 0.25) is 5.02 Å². The molecular weight excluding hydrogens is 290 g/mol. The van der Waals surface area contributed by atoms with Gasteiger partial charge < -0.3 is 16.4 Å². The molecule has 1 aliphatic carbocycles. The van der Waals surface area contributed by atoms with Crippen LogP contribution in [0.15, 0.2) is 24.3 Å². The van der Waals surface area contributed by atoms with E-state index in [0.29, 0.717) is 23.7 Å². The van der Waals surface area contributed by atoms with Gasteiger partial charge in [0.15, 0.2) is 0 Å². The molecule has 1 aromatic rings. The highest BCUT2D eigenvalue weighted by Gasteiger charge is 2.36. The number of carbonyl (C=O) groups excluding carboxylic acids is 2. The third-order valence-corrected chi connectivity index (χ3v) is 4.09. The zero-order valence-corrected chi connectivity index (χ0v) is 12.6. The van der Waals surface area contributed by atoms with Crippen LogP contribution in [0.25, 0.3) is 0 Å². The van der Waals surface area contributed by atoms with Gasteiger partial charge in [-0.15, -0.1) is 0 Å². The molecule has 1 saturated carbocycles. The van der Waals surface area contributed by atoms with E-state index in [1.807, 2.05) is 0 Å². The molecule has 1 fully saturated rings. The van der Waals surface area contributed by atoms with Crippen molar-refractivity contribution in [2.24, 2.45) is 5.73 Å². The Morgan fingerprint density at radius 2 is 1.76 bits per heavy atom. The minimum absolute atomic E-state index is 0.132. The lowest BCUT2D eigenvalue weighted by Crippen LogP contribution is -2.53. The summed E-state index contributed by atoms with van der Waals surface area (Å²) < 4.78 is 0. The molecule has 2 rings (SSSR count). The van der Waals surface area contributed by atoms with Gasteiger partial charge in [-0.1, -0.05) is 36.6 Å². The van der Waals surface area contributed by atoms with Crippen molar-refractivity contribution in [2.75, 3.05) is 13.1 Å². The summed E-state index contributed by atoms with van der Waals surface area (Å²) in [7, 11) is 0. The maximum atomic E-state index is 12.0. The van der Waals surface area contributed by atoms with E-state index in [9.17, 15) is 9.59 Å². The molecule has 5 nitrogen and oxygen atoms in total. The summed E-state index contributed by atoms with van der Waals surface area (Å²) in [4.78, 5) is 23.9. The standard InChI is InChI=1S/C15H20ClN3O2/c16-12-6-2-1-5-11(12)13(20)18-9-10-19-14(21)15(17)7-3-4-8-15/h1-2,5-6H,3-4,7-10,17H2,(H,18,20)(H,19,21). The molecule has 0 bridgehead atoms. The predicted octanol–water partition coefficient (Wildman–Crippen LogP) is 1.46. The van der Waals surface area contributed by atoms with E-state index >= 15 is 0 Å². The number of nitrogens with one attached hydrogen (secondary N) is 2. The van der Waals surface area contributed by atoms with Crippen molar-refractivity contribution in [1.82, 2.24) is 10.6 Å². The van der Waals surface area contributed by atoms with Crippen LogP contribution in [0, 0.1) is 0 Å². The van der Waals surface area contributed by atoms with Crippen LogP contribution in [-0.2, 0) is 4.79 Å². The van der Waals surface area contributed by atoms with Crippen LogP contribution < -0.4 is 16.4 Å². The Morgan fingerprint density at radius 3 is 2.43 bits per heavy atom. The molecule has 4 N–H and O–H groups in total. The molecular formula is C15H20ClN3O2. The summed E-state index contributed by atoms with van der Waals surface area (Å²) in [5, 5.41) is 5.90. The maximum absolute atomic E-state index is 12.0. The molecule has 0 aromatic heterocycles. The average molecular weight is 310 g/mol. The Labute approximate surface area is 129 Å². The Balaban J connectivity index is 1.74. The van der Waals surface area contributed by atoms with Crippen molar-refractivity contribution in [3.8, 4) is 0 Å². The number of hydrogen-bond donors (Lipinski definition) is 3. The van der Waals surface area contributed by atoms with E-state index in [0.717, 1.165) is 25.7 Å². The highest BCUT2D eigenvalue weighted by molar-refractivity contribution is 6.33. The summed E-state index contributed by atoms with van der Waals surface area (Å²) in [6.07, 6.45) is 3.44. The van der Waals surface area contributed by atoms with Gasteiger partial charge in [-0.2, -0.15) is 0 Å². The van der Waals surface area contributed by atoms with E-state index < -0.39 is 5.54 Å². The number of benzene rings is 1. The molecule has 1 aliphatic rings. The number of rotatable bonds is 5. The number of amides is 2. The number of hydrogen-bond acceptors (Lipinski definition) is 3. The monoisotopic (exact) mass is 309 g/mol. The zero-order chi connectivity index (χ0) is 15.3. The van der Waals surface area contributed by atoms with Crippen LogP contribution in [-0.4, -0.2) is 30.4 Å². The Bertz CT molecular complexity index is 527. The number of carbonyl (C=O) groups is 2. The predicted molar refractivity (Wildman–Crippen MR) is 82.2 cm³/mol. The highest BCUT2D eigenvalue weighted by Crippen LogP contribution is 2.27. The lowest BCUT2D eigenvalue weighted by molar-refractivity contribution is -0.126. The molecule has 0 atom stereocenters. The molecule has 0 heterocycles. The van der Waals surface area contributed by atoms with Crippen molar-refractivity contribution in [1.29, 1.82) is 0 Å². The van der Waals surface area contributed by atoms with Gasteiger partial charge in [-0.05, 0) is 25.0 Å². The van der Waals surface area contributed by atoms with E-state index in [1.165, 1.54) is 0 Å². The third-order valence-electron chi connectivity index (χ3n) is 3.76. The van der Waals surface area contributed by atoms with Crippen LogP contribution >= 0.6 is 11.6 Å². The van der Waals surface area contributed by atoms with Gasteiger partial charge >= 0.3 is 0 Å². The highest BCUT2D eigenvalue weighted by atomic mass is 35.5. The van der Waals surface area contributed by atoms with Crippen molar-refractivity contribution in [2.45, 2.75) is 31.2 Å².